The van der Waals surface area contributed by atoms with Gasteiger partial charge in [0.15, 0.2) is 0 Å². The molecule has 1 aliphatic rings. The third kappa shape index (κ3) is 4.56. The van der Waals surface area contributed by atoms with Crippen molar-refractivity contribution in [2.24, 2.45) is 5.73 Å². The van der Waals surface area contributed by atoms with Crippen LogP contribution in [0.25, 0.3) is 0 Å². The van der Waals surface area contributed by atoms with E-state index in [4.69, 9.17) is 11.0 Å². The second-order valence-electron chi connectivity index (χ2n) is 5.76. The fourth-order valence-corrected chi connectivity index (χ4v) is 2.59. The van der Waals surface area contributed by atoms with Crippen molar-refractivity contribution in [3.8, 4) is 6.07 Å². The maximum absolute atomic E-state index is 9.02. The van der Waals surface area contributed by atoms with Gasteiger partial charge in [-0.15, -0.1) is 0 Å². The number of hydrogen-bond donors (Lipinski definition) is 1. The first kappa shape index (κ1) is 15.4. The average molecular weight is 252 g/mol. The van der Waals surface area contributed by atoms with Crippen molar-refractivity contribution in [3.05, 3.63) is 0 Å². The number of rotatable bonds is 6. The molecule has 0 bridgehead atoms. The minimum Gasteiger partial charge on any atom is -0.313 e. The second-order valence-corrected chi connectivity index (χ2v) is 5.76. The van der Waals surface area contributed by atoms with Gasteiger partial charge in [-0.2, -0.15) is 5.26 Å². The highest BCUT2D eigenvalue weighted by molar-refractivity contribution is 5.03. The predicted molar refractivity (Wildman–Crippen MR) is 75.2 cm³/mol. The molecule has 1 unspecified atom stereocenters. The molecule has 104 valence electrons. The minimum absolute atomic E-state index is 0.609. The molecule has 1 saturated heterocycles. The van der Waals surface area contributed by atoms with Gasteiger partial charge in [-0.3, -0.25) is 0 Å². The summed E-state index contributed by atoms with van der Waals surface area (Å²) in [5, 5.41) is 9.02. The molecule has 0 aromatic carbocycles. The standard InChI is InChI=1S/C14H28N4/c1-4-14(16,12-15)8-5-9-18-10-6-13(7-11-18)17(2)3/h13H,4-11,16H2,1-3H3. The van der Waals surface area contributed by atoms with Crippen molar-refractivity contribution < 1.29 is 0 Å². The Labute approximate surface area is 112 Å². The number of nitrogens with zero attached hydrogens (tertiary/aromatic N) is 3. The van der Waals surface area contributed by atoms with Crippen LogP contribution in [0.5, 0.6) is 0 Å². The summed E-state index contributed by atoms with van der Waals surface area (Å²) in [6.07, 6.45) is 5.10. The maximum atomic E-state index is 9.02. The number of nitrogens with two attached hydrogens (primary N) is 1. The predicted octanol–water partition coefficient (Wildman–Crippen LogP) is 1.42. The Morgan fingerprint density at radius 2 is 2.00 bits per heavy atom. The third-order valence-corrected chi connectivity index (χ3v) is 4.24. The van der Waals surface area contributed by atoms with E-state index in [1.54, 1.807) is 0 Å². The first-order chi connectivity index (χ1) is 8.50. The molecule has 18 heavy (non-hydrogen) atoms. The molecule has 0 radical (unpaired) electrons. The number of likely N-dealkylation sites (tertiary alicyclic amines) is 1. The summed E-state index contributed by atoms with van der Waals surface area (Å²) in [6.45, 7) is 5.44. The van der Waals surface area contributed by atoms with Gasteiger partial charge in [-0.25, -0.2) is 0 Å². The van der Waals surface area contributed by atoms with Crippen LogP contribution in [0.1, 0.15) is 39.0 Å². The van der Waals surface area contributed by atoms with Crippen LogP contribution in [0.15, 0.2) is 0 Å². The summed E-state index contributed by atoms with van der Waals surface area (Å²) in [6, 6.07) is 2.98. The van der Waals surface area contributed by atoms with Gasteiger partial charge >= 0.3 is 0 Å². The van der Waals surface area contributed by atoms with E-state index < -0.39 is 5.54 Å². The summed E-state index contributed by atoms with van der Waals surface area (Å²) in [7, 11) is 4.33. The molecule has 0 aromatic heterocycles. The maximum Gasteiger partial charge on any atom is 0.104 e. The largest absolute Gasteiger partial charge is 0.313 e. The van der Waals surface area contributed by atoms with Crippen LogP contribution in [0.3, 0.4) is 0 Å². The Kier molecular flexibility index (Phi) is 6.07. The Hall–Kier alpha value is -0.630. The summed E-state index contributed by atoms with van der Waals surface area (Å²) in [4.78, 5) is 4.84. The molecule has 4 heteroatoms. The quantitative estimate of drug-likeness (QED) is 0.777. The van der Waals surface area contributed by atoms with E-state index in [0.29, 0.717) is 0 Å². The van der Waals surface area contributed by atoms with Gasteiger partial charge in [0, 0.05) is 6.04 Å². The van der Waals surface area contributed by atoms with Crippen LogP contribution in [0.4, 0.5) is 0 Å². The zero-order valence-corrected chi connectivity index (χ0v) is 12.2. The van der Waals surface area contributed by atoms with Crippen molar-refractivity contribution in [3.63, 3.8) is 0 Å². The van der Waals surface area contributed by atoms with Gasteiger partial charge < -0.3 is 15.5 Å². The van der Waals surface area contributed by atoms with Crippen molar-refractivity contribution in [2.45, 2.75) is 50.6 Å². The molecule has 0 saturated carbocycles. The van der Waals surface area contributed by atoms with Gasteiger partial charge in [-0.1, -0.05) is 6.92 Å². The average Bonchev–Trinajstić information content (AvgIpc) is 2.39. The molecule has 0 spiro atoms. The Balaban J connectivity index is 2.21. The van der Waals surface area contributed by atoms with Crippen LogP contribution in [-0.2, 0) is 0 Å². The van der Waals surface area contributed by atoms with E-state index in [9.17, 15) is 0 Å². The molecule has 0 aliphatic carbocycles. The van der Waals surface area contributed by atoms with E-state index in [1.807, 2.05) is 6.92 Å². The van der Waals surface area contributed by atoms with Gasteiger partial charge in [0.2, 0.25) is 0 Å². The molecule has 1 heterocycles. The Morgan fingerprint density at radius 3 is 2.44 bits per heavy atom. The smallest absolute Gasteiger partial charge is 0.104 e. The number of nitriles is 1. The fraction of sp³-hybridized carbons (Fsp3) is 0.929. The molecule has 1 rings (SSSR count). The van der Waals surface area contributed by atoms with Crippen LogP contribution in [-0.4, -0.2) is 55.1 Å². The molecule has 1 atom stereocenters. The highest BCUT2D eigenvalue weighted by Crippen LogP contribution is 2.17. The monoisotopic (exact) mass is 252 g/mol. The minimum atomic E-state index is -0.609. The highest BCUT2D eigenvalue weighted by Gasteiger charge is 2.23. The topological polar surface area (TPSA) is 56.3 Å². The zero-order chi connectivity index (χ0) is 13.6. The SMILES string of the molecule is CCC(N)(C#N)CCCN1CCC(N(C)C)CC1. The highest BCUT2D eigenvalue weighted by atomic mass is 15.2. The molecule has 1 aliphatic heterocycles. The molecule has 0 amide bonds. The zero-order valence-electron chi connectivity index (χ0n) is 12.2. The molecule has 2 N–H and O–H groups in total. The molecular formula is C14H28N4. The summed E-state index contributed by atoms with van der Waals surface area (Å²) in [5.74, 6) is 0. The van der Waals surface area contributed by atoms with E-state index in [2.05, 4.69) is 30.0 Å². The van der Waals surface area contributed by atoms with E-state index in [1.165, 1.54) is 25.9 Å². The second kappa shape index (κ2) is 7.08. The van der Waals surface area contributed by atoms with Crippen molar-refractivity contribution in [2.75, 3.05) is 33.7 Å². The number of piperidine rings is 1. The van der Waals surface area contributed by atoms with Crippen LogP contribution in [0.2, 0.25) is 0 Å². The molecule has 4 nitrogen and oxygen atoms in total. The van der Waals surface area contributed by atoms with Crippen molar-refractivity contribution in [1.29, 1.82) is 5.26 Å². The van der Waals surface area contributed by atoms with Gasteiger partial charge in [0.1, 0.15) is 5.54 Å². The van der Waals surface area contributed by atoms with E-state index >= 15 is 0 Å². The lowest BCUT2D eigenvalue weighted by Gasteiger charge is -2.35. The van der Waals surface area contributed by atoms with E-state index in [-0.39, 0.29) is 0 Å². The van der Waals surface area contributed by atoms with E-state index in [0.717, 1.165) is 31.8 Å². The first-order valence-electron chi connectivity index (χ1n) is 7.09. The normalized spacial score (nSPS) is 21.8. The van der Waals surface area contributed by atoms with Crippen molar-refractivity contribution in [1.82, 2.24) is 9.80 Å². The Bertz CT molecular complexity index is 276. The first-order valence-corrected chi connectivity index (χ1v) is 7.09. The van der Waals surface area contributed by atoms with Gasteiger partial charge in [0.25, 0.3) is 0 Å². The fourth-order valence-electron chi connectivity index (χ4n) is 2.59. The lowest BCUT2D eigenvalue weighted by molar-refractivity contribution is 0.142. The van der Waals surface area contributed by atoms with Crippen molar-refractivity contribution >= 4 is 0 Å². The number of hydrogen-bond acceptors (Lipinski definition) is 4. The molecular weight excluding hydrogens is 224 g/mol. The van der Waals surface area contributed by atoms with Crippen LogP contribution < -0.4 is 5.73 Å². The Morgan fingerprint density at radius 1 is 1.39 bits per heavy atom. The lowest BCUT2D eigenvalue weighted by Crippen LogP contribution is -2.43. The van der Waals surface area contributed by atoms with Gasteiger partial charge in [-0.05, 0) is 65.8 Å². The molecule has 0 aromatic rings. The summed E-state index contributed by atoms with van der Waals surface area (Å²) in [5.41, 5.74) is 5.38. The third-order valence-electron chi connectivity index (χ3n) is 4.24. The summed E-state index contributed by atoms with van der Waals surface area (Å²) < 4.78 is 0. The summed E-state index contributed by atoms with van der Waals surface area (Å²) >= 11 is 0. The lowest BCUT2D eigenvalue weighted by atomic mass is 9.93. The van der Waals surface area contributed by atoms with Gasteiger partial charge in [0.05, 0.1) is 6.07 Å². The van der Waals surface area contributed by atoms with Crippen LogP contribution >= 0.6 is 0 Å². The van der Waals surface area contributed by atoms with Crippen LogP contribution in [0, 0.1) is 11.3 Å². The molecule has 1 fully saturated rings.